The van der Waals surface area contributed by atoms with E-state index in [4.69, 9.17) is 18.6 Å². The number of aryl methyl sites for hydroxylation is 1. The number of benzene rings is 2. The van der Waals surface area contributed by atoms with Crippen molar-refractivity contribution in [2.24, 2.45) is 0 Å². The van der Waals surface area contributed by atoms with Crippen LogP contribution in [0.15, 0.2) is 53.4 Å². The van der Waals surface area contributed by atoms with Crippen LogP contribution in [0, 0.1) is 6.92 Å². The molecule has 2 heterocycles. The molecule has 3 aromatic rings. The van der Waals surface area contributed by atoms with E-state index in [-0.39, 0.29) is 12.6 Å². The van der Waals surface area contributed by atoms with Gasteiger partial charge in [-0.15, -0.1) is 0 Å². The van der Waals surface area contributed by atoms with Crippen molar-refractivity contribution in [3.63, 3.8) is 0 Å². The average Bonchev–Trinajstić information content (AvgIpc) is 3.54. The van der Waals surface area contributed by atoms with Crippen LogP contribution in [-0.4, -0.2) is 43.5 Å². The maximum absolute atomic E-state index is 12.6. The second-order valence-corrected chi connectivity index (χ2v) is 7.75. The molecule has 0 spiro atoms. The summed E-state index contributed by atoms with van der Waals surface area (Å²) in [6.45, 7) is 3.23. The van der Waals surface area contributed by atoms with E-state index in [1.807, 2.05) is 19.1 Å². The fraction of sp³-hybridized carbons (Fsp3) is 0.292. The van der Waals surface area contributed by atoms with Crippen LogP contribution in [0.25, 0.3) is 11.3 Å². The molecule has 10 heteroatoms. The zero-order chi connectivity index (χ0) is 23.9. The summed E-state index contributed by atoms with van der Waals surface area (Å²) < 4.78 is 21.3. The first-order valence-electron chi connectivity index (χ1n) is 10.8. The zero-order valence-corrected chi connectivity index (χ0v) is 18.9. The molecule has 0 saturated carbocycles. The molecule has 3 N–H and O–H groups in total. The van der Waals surface area contributed by atoms with Crippen molar-refractivity contribution in [3.8, 4) is 17.1 Å². The third kappa shape index (κ3) is 5.84. The second kappa shape index (κ2) is 10.7. The Kier molecular flexibility index (Phi) is 7.28. The minimum absolute atomic E-state index is 0.207. The van der Waals surface area contributed by atoms with Crippen molar-refractivity contribution in [3.05, 3.63) is 60.1 Å². The maximum Gasteiger partial charge on any atom is 0.407 e. The quantitative estimate of drug-likeness (QED) is 0.474. The summed E-state index contributed by atoms with van der Waals surface area (Å²) in [6, 6.07) is 10.3. The molecule has 2 aromatic carbocycles. The summed E-state index contributed by atoms with van der Waals surface area (Å²) in [5, 5.41) is 8.33. The highest BCUT2D eigenvalue weighted by Gasteiger charge is 2.19. The van der Waals surface area contributed by atoms with Crippen LogP contribution in [0.5, 0.6) is 5.75 Å². The van der Waals surface area contributed by atoms with E-state index in [2.05, 4.69) is 20.9 Å². The topological polar surface area (TPSA) is 124 Å². The van der Waals surface area contributed by atoms with Gasteiger partial charge in [-0.3, -0.25) is 0 Å². The lowest BCUT2D eigenvalue weighted by Crippen LogP contribution is -2.29. The lowest BCUT2D eigenvalue weighted by atomic mass is 10.1. The molecule has 0 radical (unpaired) electrons. The predicted molar refractivity (Wildman–Crippen MR) is 125 cm³/mol. The molecule has 10 nitrogen and oxygen atoms in total. The van der Waals surface area contributed by atoms with Crippen LogP contribution in [0.3, 0.4) is 0 Å². The van der Waals surface area contributed by atoms with Gasteiger partial charge in [0.2, 0.25) is 0 Å². The molecule has 1 aliphatic rings. The normalized spacial score (nSPS) is 14.9. The lowest BCUT2D eigenvalue weighted by Gasteiger charge is -2.14. The third-order valence-electron chi connectivity index (χ3n) is 5.35. The number of methoxy groups -OCH3 is 1. The molecule has 34 heavy (non-hydrogen) atoms. The number of carbonyl (C=O) groups excluding carboxylic acids is 2. The van der Waals surface area contributed by atoms with Gasteiger partial charge in [0.1, 0.15) is 11.9 Å². The van der Waals surface area contributed by atoms with Crippen molar-refractivity contribution in [2.75, 3.05) is 31.0 Å². The molecule has 4 rings (SSSR count). The number of carbonyl (C=O) groups is 2. The predicted octanol–water partition coefficient (Wildman–Crippen LogP) is 4.32. The second-order valence-electron chi connectivity index (χ2n) is 7.75. The van der Waals surface area contributed by atoms with Crippen LogP contribution in [0.2, 0.25) is 0 Å². The summed E-state index contributed by atoms with van der Waals surface area (Å²) >= 11 is 0. The van der Waals surface area contributed by atoms with E-state index in [0.717, 1.165) is 16.7 Å². The number of oxazole rings is 1. The van der Waals surface area contributed by atoms with Gasteiger partial charge in [0.25, 0.3) is 0 Å². The average molecular weight is 466 g/mol. The van der Waals surface area contributed by atoms with Crippen molar-refractivity contribution < 1.29 is 28.2 Å². The van der Waals surface area contributed by atoms with Crippen LogP contribution < -0.4 is 20.7 Å². The molecular weight excluding hydrogens is 440 g/mol. The minimum Gasteiger partial charge on any atom is -0.496 e. The van der Waals surface area contributed by atoms with Crippen molar-refractivity contribution in [1.82, 2.24) is 10.3 Å². The first-order chi connectivity index (χ1) is 16.5. The van der Waals surface area contributed by atoms with Crippen LogP contribution in [0.1, 0.15) is 17.5 Å². The van der Waals surface area contributed by atoms with Gasteiger partial charge in [-0.2, -0.15) is 0 Å². The summed E-state index contributed by atoms with van der Waals surface area (Å²) in [5.74, 6) is 1.10. The minimum atomic E-state index is -0.492. The SMILES string of the molecule is COc1cc(NC(=O)Nc2ccc(C)c(CNC(=O)O[C@H]3CCOC3)c2)ccc1-c1cnco1. The largest absolute Gasteiger partial charge is 0.496 e. The van der Waals surface area contributed by atoms with Crippen molar-refractivity contribution >= 4 is 23.5 Å². The van der Waals surface area contributed by atoms with E-state index < -0.39 is 12.1 Å². The highest BCUT2D eigenvalue weighted by atomic mass is 16.6. The standard InChI is InChI=1S/C24H26N4O6/c1-15-3-4-17(9-16(15)11-26-24(30)34-19-7-8-32-13-19)27-23(29)28-18-5-6-20(21(10-18)31-2)22-12-25-14-33-22/h3-6,9-10,12,14,19H,7-8,11,13H2,1-2H3,(H,26,30)(H2,27,28,29)/t19-/m0/s1. The number of ether oxygens (including phenoxy) is 3. The smallest absolute Gasteiger partial charge is 0.407 e. The summed E-state index contributed by atoms with van der Waals surface area (Å²) in [6.07, 6.45) is 2.93. The number of anilines is 2. The molecule has 1 atom stereocenters. The molecule has 0 bridgehead atoms. The molecule has 1 fully saturated rings. The zero-order valence-electron chi connectivity index (χ0n) is 18.9. The first kappa shape index (κ1) is 23.1. The number of nitrogens with zero attached hydrogens (tertiary/aromatic N) is 1. The highest BCUT2D eigenvalue weighted by Crippen LogP contribution is 2.32. The molecule has 1 saturated heterocycles. The van der Waals surface area contributed by atoms with Gasteiger partial charge in [0, 0.05) is 30.4 Å². The number of amides is 3. The van der Waals surface area contributed by atoms with E-state index in [0.29, 0.717) is 42.5 Å². The van der Waals surface area contributed by atoms with Crippen LogP contribution >= 0.6 is 0 Å². The highest BCUT2D eigenvalue weighted by molar-refractivity contribution is 6.00. The van der Waals surface area contributed by atoms with Gasteiger partial charge in [0.15, 0.2) is 12.2 Å². The van der Waals surface area contributed by atoms with Crippen molar-refractivity contribution in [1.29, 1.82) is 0 Å². The Bertz CT molecular complexity index is 1140. The van der Waals surface area contributed by atoms with Gasteiger partial charge in [-0.05, 0) is 42.3 Å². The number of hydrogen-bond donors (Lipinski definition) is 3. The van der Waals surface area contributed by atoms with Crippen LogP contribution in [-0.2, 0) is 16.0 Å². The Morgan fingerprint density at radius 2 is 1.94 bits per heavy atom. The van der Waals surface area contributed by atoms with Gasteiger partial charge in [0.05, 0.1) is 32.1 Å². The Labute approximate surface area is 196 Å². The van der Waals surface area contributed by atoms with E-state index in [1.165, 1.54) is 13.5 Å². The fourth-order valence-electron chi connectivity index (χ4n) is 3.52. The number of nitrogens with one attached hydrogen (secondary N) is 3. The summed E-state index contributed by atoms with van der Waals surface area (Å²) in [7, 11) is 1.54. The van der Waals surface area contributed by atoms with Crippen molar-refractivity contribution in [2.45, 2.75) is 26.0 Å². The number of alkyl carbamates (subject to hydrolysis) is 1. The molecule has 1 aliphatic heterocycles. The van der Waals surface area contributed by atoms with Gasteiger partial charge in [-0.1, -0.05) is 6.07 Å². The van der Waals surface area contributed by atoms with E-state index >= 15 is 0 Å². The Balaban J connectivity index is 1.35. The number of aromatic nitrogens is 1. The number of rotatable bonds is 7. The van der Waals surface area contributed by atoms with Gasteiger partial charge < -0.3 is 34.6 Å². The third-order valence-corrected chi connectivity index (χ3v) is 5.35. The summed E-state index contributed by atoms with van der Waals surface area (Å²) in [4.78, 5) is 28.5. The Morgan fingerprint density at radius 3 is 2.65 bits per heavy atom. The first-order valence-corrected chi connectivity index (χ1v) is 10.8. The number of urea groups is 1. The Morgan fingerprint density at radius 1 is 1.15 bits per heavy atom. The monoisotopic (exact) mass is 466 g/mol. The van der Waals surface area contributed by atoms with E-state index in [9.17, 15) is 9.59 Å². The van der Waals surface area contributed by atoms with Gasteiger partial charge >= 0.3 is 12.1 Å². The molecule has 1 aromatic heterocycles. The van der Waals surface area contributed by atoms with E-state index in [1.54, 1.807) is 30.5 Å². The maximum atomic E-state index is 12.6. The van der Waals surface area contributed by atoms with Gasteiger partial charge in [-0.25, -0.2) is 14.6 Å². The molecule has 3 amide bonds. The fourth-order valence-corrected chi connectivity index (χ4v) is 3.52. The molecule has 0 unspecified atom stereocenters. The van der Waals surface area contributed by atoms with Crippen LogP contribution in [0.4, 0.5) is 21.0 Å². The molecule has 178 valence electrons. The molecular formula is C24H26N4O6. The lowest BCUT2D eigenvalue weighted by molar-refractivity contribution is 0.0828. The summed E-state index contributed by atoms with van der Waals surface area (Å²) in [5.41, 5.74) is 3.69. The Hall–Kier alpha value is -4.05. The number of hydrogen-bond acceptors (Lipinski definition) is 7. The molecule has 0 aliphatic carbocycles.